The lowest BCUT2D eigenvalue weighted by molar-refractivity contribution is -0.153. The molecule has 0 spiro atoms. The molecule has 4 heteroatoms. The maximum Gasteiger partial charge on any atom is 0.317 e. The summed E-state index contributed by atoms with van der Waals surface area (Å²) in [5.41, 5.74) is 0. The fourth-order valence-electron chi connectivity index (χ4n) is 0.542. The normalized spacial score (nSPS) is 8.91. The molecule has 0 heterocycles. The highest BCUT2D eigenvalue weighted by Gasteiger charge is 2.09. The summed E-state index contributed by atoms with van der Waals surface area (Å²) in [5, 5.41) is 0. The molecule has 0 aromatic rings. The largest absolute Gasteiger partial charge is 0.466 e. The lowest BCUT2D eigenvalue weighted by Gasteiger charge is -2.00. The smallest absolute Gasteiger partial charge is 0.317 e. The van der Waals surface area contributed by atoms with Crippen LogP contribution < -0.4 is 0 Å². The molecular formula is C7H12O4. The monoisotopic (exact) mass is 163 g/mol. The molecular weight excluding hydrogens is 151 g/mol. The Balaban J connectivity index is 3.49. The Morgan fingerprint density at radius 1 is 1.00 bits per heavy atom. The molecule has 0 unspecified atom stereocenters. The number of ether oxygens (including phenoxy) is 2. The number of esters is 2. The average Bonchev–Trinajstić information content (AvgIpc) is 1.87. The minimum atomic E-state index is -0.536. The standard InChI is InChI=1S/C7H12O4/c1-3-10-6(8)5-7(9)11-4-2/h3-5H2,1-2H3/i5+1,6+1,7+1. The first-order valence-corrected chi connectivity index (χ1v) is 3.52. The van der Waals surface area contributed by atoms with Gasteiger partial charge in [-0.3, -0.25) is 9.59 Å². The van der Waals surface area contributed by atoms with Gasteiger partial charge < -0.3 is 9.47 Å². The van der Waals surface area contributed by atoms with E-state index in [1.165, 1.54) is 0 Å². The number of hydrogen-bond donors (Lipinski definition) is 0. The summed E-state index contributed by atoms with van der Waals surface area (Å²) in [6.07, 6.45) is -0.290. The fourth-order valence-corrected chi connectivity index (χ4v) is 0.542. The first-order chi connectivity index (χ1) is 5.20. The summed E-state index contributed by atoms with van der Waals surface area (Å²) in [5.74, 6) is -1.07. The van der Waals surface area contributed by atoms with E-state index in [4.69, 9.17) is 0 Å². The van der Waals surface area contributed by atoms with E-state index >= 15 is 0 Å². The second kappa shape index (κ2) is 5.70. The topological polar surface area (TPSA) is 52.6 Å². The van der Waals surface area contributed by atoms with Crippen molar-refractivity contribution in [2.75, 3.05) is 13.2 Å². The van der Waals surface area contributed by atoms with Gasteiger partial charge in [-0.2, -0.15) is 0 Å². The minimum Gasteiger partial charge on any atom is -0.466 e. The van der Waals surface area contributed by atoms with Crippen molar-refractivity contribution in [3.05, 3.63) is 0 Å². The maximum absolute atomic E-state index is 10.6. The van der Waals surface area contributed by atoms with Crippen LogP contribution in [0.15, 0.2) is 0 Å². The summed E-state index contributed by atoms with van der Waals surface area (Å²) in [4.78, 5) is 21.2. The number of carbonyl (C=O) groups is 2. The Bertz CT molecular complexity index is 125. The molecule has 0 aromatic carbocycles. The maximum atomic E-state index is 10.6. The van der Waals surface area contributed by atoms with E-state index < -0.39 is 11.9 Å². The van der Waals surface area contributed by atoms with Gasteiger partial charge in [-0.15, -0.1) is 0 Å². The molecule has 11 heavy (non-hydrogen) atoms. The van der Waals surface area contributed by atoms with Gasteiger partial charge in [-0.05, 0) is 13.8 Å². The zero-order chi connectivity index (χ0) is 8.69. The van der Waals surface area contributed by atoms with E-state index in [0.29, 0.717) is 0 Å². The Hall–Kier alpha value is -1.06. The molecule has 0 atom stereocenters. The van der Waals surface area contributed by atoms with Crippen LogP contribution in [0, 0.1) is 0 Å². The molecule has 0 radical (unpaired) electrons. The van der Waals surface area contributed by atoms with E-state index in [1.54, 1.807) is 13.8 Å². The first kappa shape index (κ1) is 9.94. The quantitative estimate of drug-likeness (QED) is 0.344. The Kier molecular flexibility index (Phi) is 5.15. The van der Waals surface area contributed by atoms with Crippen LogP contribution >= 0.6 is 0 Å². The third-order valence-corrected chi connectivity index (χ3v) is 0.899. The van der Waals surface area contributed by atoms with Crippen LogP contribution in [-0.4, -0.2) is 25.2 Å². The van der Waals surface area contributed by atoms with Crippen LogP contribution in [0.4, 0.5) is 0 Å². The Morgan fingerprint density at radius 3 is 1.64 bits per heavy atom. The van der Waals surface area contributed by atoms with Gasteiger partial charge in [0, 0.05) is 0 Å². The molecule has 0 rings (SSSR count). The highest BCUT2D eigenvalue weighted by atomic mass is 16.7. The van der Waals surface area contributed by atoms with Crippen LogP contribution in [0.25, 0.3) is 0 Å². The number of rotatable bonds is 4. The molecule has 0 aliphatic carbocycles. The van der Waals surface area contributed by atoms with Crippen LogP contribution in [0.5, 0.6) is 0 Å². The van der Waals surface area contributed by atoms with Crippen molar-refractivity contribution in [3.63, 3.8) is 0 Å². The summed E-state index contributed by atoms with van der Waals surface area (Å²) in [7, 11) is 0. The lowest BCUT2D eigenvalue weighted by Crippen LogP contribution is -2.13. The molecule has 64 valence electrons. The van der Waals surface area contributed by atoms with Crippen molar-refractivity contribution in [2.24, 2.45) is 0 Å². The summed E-state index contributed by atoms with van der Waals surface area (Å²) >= 11 is 0. The van der Waals surface area contributed by atoms with E-state index in [2.05, 4.69) is 9.47 Å². The predicted molar refractivity (Wildman–Crippen MR) is 37.9 cm³/mol. The molecule has 0 saturated carbocycles. The van der Waals surface area contributed by atoms with Gasteiger partial charge in [0.05, 0.1) is 13.2 Å². The zero-order valence-corrected chi connectivity index (χ0v) is 6.75. The molecule has 0 saturated heterocycles. The van der Waals surface area contributed by atoms with Crippen molar-refractivity contribution >= 4 is 11.9 Å². The highest BCUT2D eigenvalue weighted by Crippen LogP contribution is 1.89. The van der Waals surface area contributed by atoms with Crippen molar-refractivity contribution < 1.29 is 19.1 Å². The summed E-state index contributed by atoms with van der Waals surface area (Å²) in [6.45, 7) is 3.95. The van der Waals surface area contributed by atoms with Crippen molar-refractivity contribution in [3.8, 4) is 0 Å². The Labute approximate surface area is 65.5 Å². The van der Waals surface area contributed by atoms with E-state index in [-0.39, 0.29) is 19.6 Å². The molecule has 0 bridgehead atoms. The third kappa shape index (κ3) is 5.39. The molecule has 0 aliphatic rings. The van der Waals surface area contributed by atoms with Crippen LogP contribution in [0.3, 0.4) is 0 Å². The summed E-state index contributed by atoms with van der Waals surface area (Å²) in [6, 6.07) is 0. The molecule has 0 fully saturated rings. The van der Waals surface area contributed by atoms with Gasteiger partial charge in [0.1, 0.15) is 6.42 Å². The van der Waals surface area contributed by atoms with Crippen molar-refractivity contribution in [1.29, 1.82) is 0 Å². The van der Waals surface area contributed by atoms with Gasteiger partial charge in [0.2, 0.25) is 0 Å². The van der Waals surface area contributed by atoms with E-state index in [1.807, 2.05) is 0 Å². The zero-order valence-electron chi connectivity index (χ0n) is 6.75. The SMILES string of the molecule is CCO[13C](=O)[13CH2][13C](=O)OCC. The molecule has 0 N–H and O–H groups in total. The summed E-state index contributed by atoms with van der Waals surface area (Å²) < 4.78 is 9.04. The van der Waals surface area contributed by atoms with Crippen molar-refractivity contribution in [1.82, 2.24) is 0 Å². The lowest BCUT2D eigenvalue weighted by atomic mass is 10.9. The van der Waals surface area contributed by atoms with Gasteiger partial charge in [-0.25, -0.2) is 0 Å². The second-order valence-corrected chi connectivity index (χ2v) is 1.79. The Morgan fingerprint density at radius 2 is 1.36 bits per heavy atom. The van der Waals surface area contributed by atoms with Gasteiger partial charge in [0.25, 0.3) is 0 Å². The van der Waals surface area contributed by atoms with Crippen molar-refractivity contribution in [2.45, 2.75) is 20.3 Å². The van der Waals surface area contributed by atoms with E-state index in [9.17, 15) is 9.59 Å². The third-order valence-electron chi connectivity index (χ3n) is 0.899. The van der Waals surface area contributed by atoms with Crippen LogP contribution in [-0.2, 0) is 19.1 Å². The average molecular weight is 163 g/mol. The van der Waals surface area contributed by atoms with Gasteiger partial charge in [-0.1, -0.05) is 0 Å². The molecule has 0 aromatic heterocycles. The van der Waals surface area contributed by atoms with Gasteiger partial charge in [0.15, 0.2) is 0 Å². The minimum absolute atomic E-state index is 0.290. The fraction of sp³-hybridized carbons (Fsp3) is 0.714. The number of carbonyl (C=O) groups excluding carboxylic acids is 2. The molecule has 0 amide bonds. The molecule has 4 nitrogen and oxygen atoms in total. The second-order valence-electron chi connectivity index (χ2n) is 1.79. The highest BCUT2D eigenvalue weighted by molar-refractivity contribution is 5.91. The first-order valence-electron chi connectivity index (χ1n) is 3.52. The predicted octanol–water partition coefficient (Wildman–Crippen LogP) is 0.503. The molecule has 0 aliphatic heterocycles. The van der Waals surface area contributed by atoms with E-state index in [0.717, 1.165) is 0 Å². The van der Waals surface area contributed by atoms with Gasteiger partial charge >= 0.3 is 11.9 Å². The number of hydrogen-bond acceptors (Lipinski definition) is 4. The van der Waals surface area contributed by atoms with Crippen LogP contribution in [0.1, 0.15) is 20.3 Å². The van der Waals surface area contributed by atoms with Crippen LogP contribution in [0.2, 0.25) is 0 Å².